The van der Waals surface area contributed by atoms with Gasteiger partial charge in [0, 0.05) is 7.11 Å². The fourth-order valence-corrected chi connectivity index (χ4v) is 2.53. The SMILES string of the molecule is COC(=O)N[C@H](C(=O)NC(C)C(OC)c1ccc(OC)cc1)C(C)C. The van der Waals surface area contributed by atoms with Crippen molar-refractivity contribution in [1.29, 1.82) is 0 Å². The molecular formula is C18H28N2O5. The van der Waals surface area contributed by atoms with Gasteiger partial charge in [0.25, 0.3) is 0 Å². The topological polar surface area (TPSA) is 85.9 Å². The Morgan fingerprint density at radius 2 is 1.56 bits per heavy atom. The molecule has 0 spiro atoms. The summed E-state index contributed by atoms with van der Waals surface area (Å²) in [7, 11) is 4.45. The molecule has 7 heteroatoms. The first-order chi connectivity index (χ1) is 11.8. The molecule has 0 saturated carbocycles. The maximum atomic E-state index is 12.5. The Morgan fingerprint density at radius 1 is 0.960 bits per heavy atom. The maximum absolute atomic E-state index is 12.5. The third-order valence-electron chi connectivity index (χ3n) is 3.93. The molecule has 3 atom stereocenters. The summed E-state index contributed by atoms with van der Waals surface area (Å²) in [5, 5.41) is 5.46. The van der Waals surface area contributed by atoms with Gasteiger partial charge >= 0.3 is 6.09 Å². The second kappa shape index (κ2) is 9.88. The molecule has 0 saturated heterocycles. The van der Waals surface area contributed by atoms with Crippen molar-refractivity contribution in [3.63, 3.8) is 0 Å². The second-order valence-corrected chi connectivity index (χ2v) is 6.08. The minimum absolute atomic E-state index is 0.0896. The van der Waals surface area contributed by atoms with Crippen molar-refractivity contribution < 1.29 is 23.8 Å². The monoisotopic (exact) mass is 352 g/mol. The van der Waals surface area contributed by atoms with Gasteiger partial charge in [-0.3, -0.25) is 4.79 Å². The Bertz CT molecular complexity index is 559. The Balaban J connectivity index is 2.82. The Morgan fingerprint density at radius 3 is 2.00 bits per heavy atom. The van der Waals surface area contributed by atoms with Crippen LogP contribution in [0.3, 0.4) is 0 Å². The molecule has 1 rings (SSSR count). The highest BCUT2D eigenvalue weighted by Gasteiger charge is 2.28. The zero-order valence-corrected chi connectivity index (χ0v) is 15.7. The molecule has 1 aromatic rings. The van der Waals surface area contributed by atoms with E-state index >= 15 is 0 Å². The average molecular weight is 352 g/mol. The van der Waals surface area contributed by atoms with E-state index in [0.717, 1.165) is 11.3 Å². The molecular weight excluding hydrogens is 324 g/mol. The van der Waals surface area contributed by atoms with Gasteiger partial charge in [0.05, 0.1) is 20.3 Å². The minimum atomic E-state index is -0.691. The number of ether oxygens (including phenoxy) is 3. The normalized spacial score (nSPS) is 14.4. The van der Waals surface area contributed by atoms with Crippen molar-refractivity contribution in [3.05, 3.63) is 29.8 Å². The van der Waals surface area contributed by atoms with Crippen molar-refractivity contribution in [3.8, 4) is 5.75 Å². The Hall–Kier alpha value is -2.28. The number of carbonyl (C=O) groups excluding carboxylic acids is 2. The molecule has 2 amide bonds. The lowest BCUT2D eigenvalue weighted by atomic mass is 10.0. The third-order valence-corrected chi connectivity index (χ3v) is 3.93. The molecule has 0 aliphatic carbocycles. The van der Waals surface area contributed by atoms with Crippen molar-refractivity contribution in [2.45, 2.75) is 39.0 Å². The molecule has 0 aliphatic heterocycles. The predicted molar refractivity (Wildman–Crippen MR) is 94.5 cm³/mol. The van der Waals surface area contributed by atoms with Crippen LogP contribution in [0.5, 0.6) is 5.75 Å². The van der Waals surface area contributed by atoms with E-state index in [1.54, 1.807) is 14.2 Å². The highest BCUT2D eigenvalue weighted by atomic mass is 16.5. The number of rotatable bonds is 8. The maximum Gasteiger partial charge on any atom is 0.407 e. The van der Waals surface area contributed by atoms with Gasteiger partial charge in [-0.05, 0) is 30.5 Å². The Labute approximate surface area is 149 Å². The van der Waals surface area contributed by atoms with Gasteiger partial charge in [-0.25, -0.2) is 4.79 Å². The summed E-state index contributed by atoms with van der Waals surface area (Å²) in [5.74, 6) is 0.370. The molecule has 0 aliphatic rings. The summed E-state index contributed by atoms with van der Waals surface area (Å²) in [4.78, 5) is 24.0. The summed E-state index contributed by atoms with van der Waals surface area (Å²) in [6, 6.07) is 6.47. The zero-order valence-electron chi connectivity index (χ0n) is 15.7. The van der Waals surface area contributed by atoms with Crippen LogP contribution in [-0.4, -0.2) is 45.4 Å². The number of alkyl carbamates (subject to hydrolysis) is 1. The van der Waals surface area contributed by atoms with E-state index in [2.05, 4.69) is 15.4 Å². The van der Waals surface area contributed by atoms with Gasteiger partial charge in [-0.2, -0.15) is 0 Å². The third kappa shape index (κ3) is 5.94. The fraction of sp³-hybridized carbons (Fsp3) is 0.556. The standard InChI is InChI=1S/C18H28N2O5/c1-11(2)15(20-18(22)25-6)17(21)19-12(3)16(24-5)13-7-9-14(23-4)10-8-13/h7-12,15-16H,1-6H3,(H,19,21)(H,20,22)/t12?,15-,16?/m0/s1. The Kier molecular flexibility index (Phi) is 8.21. The first-order valence-electron chi connectivity index (χ1n) is 8.15. The van der Waals surface area contributed by atoms with Gasteiger partial charge in [0.2, 0.25) is 5.91 Å². The summed E-state index contributed by atoms with van der Waals surface area (Å²) in [6.07, 6.45) is -0.972. The van der Waals surface area contributed by atoms with Crippen LogP contribution in [0.25, 0.3) is 0 Å². The van der Waals surface area contributed by atoms with E-state index < -0.39 is 12.1 Å². The zero-order chi connectivity index (χ0) is 19.0. The first kappa shape index (κ1) is 20.8. The van der Waals surface area contributed by atoms with Crippen molar-refractivity contribution in [2.75, 3.05) is 21.3 Å². The number of nitrogens with one attached hydrogen (secondary N) is 2. The number of hydrogen-bond acceptors (Lipinski definition) is 5. The lowest BCUT2D eigenvalue weighted by Crippen LogP contribution is -2.52. The van der Waals surface area contributed by atoms with E-state index in [4.69, 9.17) is 9.47 Å². The summed E-state index contributed by atoms with van der Waals surface area (Å²) >= 11 is 0. The van der Waals surface area contributed by atoms with Crippen molar-refractivity contribution >= 4 is 12.0 Å². The van der Waals surface area contributed by atoms with E-state index in [0.29, 0.717) is 0 Å². The molecule has 0 radical (unpaired) electrons. The molecule has 0 heterocycles. The van der Waals surface area contributed by atoms with Crippen LogP contribution in [0.15, 0.2) is 24.3 Å². The largest absolute Gasteiger partial charge is 0.497 e. The highest BCUT2D eigenvalue weighted by Crippen LogP contribution is 2.23. The highest BCUT2D eigenvalue weighted by molar-refractivity contribution is 5.86. The summed E-state index contributed by atoms with van der Waals surface area (Å²) in [5.41, 5.74) is 0.915. The molecule has 7 nitrogen and oxygen atoms in total. The van der Waals surface area contributed by atoms with Crippen LogP contribution >= 0.6 is 0 Å². The van der Waals surface area contributed by atoms with Gasteiger partial charge in [0.15, 0.2) is 0 Å². The van der Waals surface area contributed by atoms with Gasteiger partial charge in [0.1, 0.15) is 17.9 Å². The van der Waals surface area contributed by atoms with Crippen LogP contribution in [0, 0.1) is 5.92 Å². The van der Waals surface area contributed by atoms with E-state index in [-0.39, 0.29) is 24.0 Å². The number of benzene rings is 1. The van der Waals surface area contributed by atoms with E-state index in [1.807, 2.05) is 45.0 Å². The van der Waals surface area contributed by atoms with Crippen molar-refractivity contribution in [1.82, 2.24) is 10.6 Å². The van der Waals surface area contributed by atoms with Crippen LogP contribution in [-0.2, 0) is 14.3 Å². The lowest BCUT2D eigenvalue weighted by molar-refractivity contribution is -0.125. The molecule has 140 valence electrons. The van der Waals surface area contributed by atoms with Crippen LogP contribution in [0.4, 0.5) is 4.79 Å². The minimum Gasteiger partial charge on any atom is -0.497 e. The second-order valence-electron chi connectivity index (χ2n) is 6.08. The average Bonchev–Trinajstić information content (AvgIpc) is 2.60. The fourth-order valence-electron chi connectivity index (χ4n) is 2.53. The van der Waals surface area contributed by atoms with E-state index in [9.17, 15) is 9.59 Å². The quantitative estimate of drug-likeness (QED) is 0.749. The van der Waals surface area contributed by atoms with Gasteiger partial charge < -0.3 is 24.8 Å². The number of methoxy groups -OCH3 is 3. The summed E-state index contributed by atoms with van der Waals surface area (Å²) in [6.45, 7) is 5.55. The first-order valence-corrected chi connectivity index (χ1v) is 8.15. The number of amides is 2. The molecule has 1 aromatic carbocycles. The smallest absolute Gasteiger partial charge is 0.407 e. The van der Waals surface area contributed by atoms with Gasteiger partial charge in [-0.1, -0.05) is 26.0 Å². The molecule has 0 aromatic heterocycles. The molecule has 2 unspecified atom stereocenters. The predicted octanol–water partition coefficient (Wildman–Crippen LogP) is 2.27. The molecule has 0 fully saturated rings. The number of hydrogen-bond donors (Lipinski definition) is 2. The molecule has 0 bridgehead atoms. The van der Waals surface area contributed by atoms with E-state index in [1.165, 1.54) is 7.11 Å². The van der Waals surface area contributed by atoms with Gasteiger partial charge in [-0.15, -0.1) is 0 Å². The molecule has 25 heavy (non-hydrogen) atoms. The number of carbonyl (C=O) groups is 2. The van der Waals surface area contributed by atoms with Crippen LogP contribution in [0.2, 0.25) is 0 Å². The lowest BCUT2D eigenvalue weighted by Gasteiger charge is -2.27. The van der Waals surface area contributed by atoms with Crippen LogP contribution in [0.1, 0.15) is 32.4 Å². The summed E-state index contributed by atoms with van der Waals surface area (Å²) < 4.78 is 15.3. The van der Waals surface area contributed by atoms with Crippen molar-refractivity contribution in [2.24, 2.45) is 5.92 Å². The molecule has 2 N–H and O–H groups in total. The van der Waals surface area contributed by atoms with Crippen LogP contribution < -0.4 is 15.4 Å².